The third kappa shape index (κ3) is 4.72. The van der Waals surface area contributed by atoms with Gasteiger partial charge in [0.1, 0.15) is 11.4 Å². The Balaban J connectivity index is 1.88. The SMILES string of the molecule is CN(C(=O)OC(C)(C)C)C1CCN(c2ccc(I)cn2)CC1. The number of hydrogen-bond acceptors (Lipinski definition) is 4. The van der Waals surface area contributed by atoms with Crippen molar-refractivity contribution in [1.29, 1.82) is 0 Å². The first-order valence-electron chi connectivity index (χ1n) is 7.58. The number of hydrogen-bond donors (Lipinski definition) is 0. The van der Waals surface area contributed by atoms with Crippen molar-refractivity contribution in [2.24, 2.45) is 0 Å². The Labute approximate surface area is 146 Å². The Morgan fingerprint density at radius 3 is 2.50 bits per heavy atom. The summed E-state index contributed by atoms with van der Waals surface area (Å²) in [6.45, 7) is 7.49. The van der Waals surface area contributed by atoms with Crippen molar-refractivity contribution < 1.29 is 9.53 Å². The molecule has 6 heteroatoms. The summed E-state index contributed by atoms with van der Waals surface area (Å²) in [7, 11) is 1.83. The highest BCUT2D eigenvalue weighted by Crippen LogP contribution is 2.22. The number of halogens is 1. The summed E-state index contributed by atoms with van der Waals surface area (Å²) in [5.41, 5.74) is -0.447. The number of carbonyl (C=O) groups excluding carboxylic acids is 1. The van der Waals surface area contributed by atoms with E-state index in [1.165, 1.54) is 0 Å². The number of pyridine rings is 1. The predicted molar refractivity (Wildman–Crippen MR) is 96.2 cm³/mol. The molecule has 22 heavy (non-hydrogen) atoms. The molecule has 122 valence electrons. The van der Waals surface area contributed by atoms with Gasteiger partial charge < -0.3 is 14.5 Å². The molecule has 2 heterocycles. The van der Waals surface area contributed by atoms with Gasteiger partial charge in [-0.05, 0) is 68.3 Å². The number of rotatable bonds is 2. The topological polar surface area (TPSA) is 45.7 Å². The number of ether oxygens (including phenoxy) is 1. The second-order valence-corrected chi connectivity index (χ2v) is 7.89. The second kappa shape index (κ2) is 7.02. The van der Waals surface area contributed by atoms with Crippen molar-refractivity contribution in [3.63, 3.8) is 0 Å². The van der Waals surface area contributed by atoms with E-state index < -0.39 is 5.60 Å². The molecule has 0 saturated carbocycles. The fraction of sp³-hybridized carbons (Fsp3) is 0.625. The summed E-state index contributed by atoms with van der Waals surface area (Å²) in [5, 5.41) is 0. The highest BCUT2D eigenvalue weighted by Gasteiger charge is 2.28. The molecule has 5 nitrogen and oxygen atoms in total. The second-order valence-electron chi connectivity index (χ2n) is 6.64. The largest absolute Gasteiger partial charge is 0.444 e. The maximum atomic E-state index is 12.1. The van der Waals surface area contributed by atoms with Gasteiger partial charge in [0.05, 0.1) is 0 Å². The van der Waals surface area contributed by atoms with E-state index in [-0.39, 0.29) is 12.1 Å². The predicted octanol–water partition coefficient (Wildman–Crippen LogP) is 3.52. The molecule has 0 aromatic carbocycles. The number of aromatic nitrogens is 1. The zero-order valence-electron chi connectivity index (χ0n) is 13.7. The molecular formula is C16H24IN3O2. The highest BCUT2D eigenvalue weighted by atomic mass is 127. The van der Waals surface area contributed by atoms with Crippen LogP contribution in [-0.4, -0.2) is 47.8 Å². The van der Waals surface area contributed by atoms with E-state index >= 15 is 0 Å². The lowest BCUT2D eigenvalue weighted by Gasteiger charge is -2.37. The number of anilines is 1. The van der Waals surface area contributed by atoms with Gasteiger partial charge in [-0.1, -0.05) is 0 Å². The molecular weight excluding hydrogens is 393 g/mol. The average Bonchev–Trinajstić information content (AvgIpc) is 2.46. The monoisotopic (exact) mass is 417 g/mol. The maximum absolute atomic E-state index is 12.1. The minimum atomic E-state index is -0.447. The van der Waals surface area contributed by atoms with Crippen LogP contribution >= 0.6 is 22.6 Å². The van der Waals surface area contributed by atoms with E-state index in [0.717, 1.165) is 35.3 Å². The van der Waals surface area contributed by atoms with Crippen molar-refractivity contribution in [3.8, 4) is 0 Å². The van der Waals surface area contributed by atoms with Gasteiger partial charge in [0.25, 0.3) is 0 Å². The van der Waals surface area contributed by atoms with E-state index in [4.69, 9.17) is 4.74 Å². The summed E-state index contributed by atoms with van der Waals surface area (Å²) in [6.07, 6.45) is 3.51. The average molecular weight is 417 g/mol. The molecule has 1 saturated heterocycles. The van der Waals surface area contributed by atoms with Gasteiger partial charge in [0, 0.05) is 35.9 Å². The molecule has 1 aromatic rings. The zero-order valence-corrected chi connectivity index (χ0v) is 15.8. The van der Waals surface area contributed by atoms with E-state index in [0.29, 0.717) is 0 Å². The van der Waals surface area contributed by atoms with Crippen molar-refractivity contribution in [2.45, 2.75) is 45.3 Å². The lowest BCUT2D eigenvalue weighted by atomic mass is 10.0. The van der Waals surface area contributed by atoms with Crippen molar-refractivity contribution in [2.75, 3.05) is 25.0 Å². The lowest BCUT2D eigenvalue weighted by Crippen LogP contribution is -2.47. The van der Waals surface area contributed by atoms with Crippen LogP contribution in [0.2, 0.25) is 0 Å². The van der Waals surface area contributed by atoms with Gasteiger partial charge in [-0.3, -0.25) is 0 Å². The summed E-state index contributed by atoms with van der Waals surface area (Å²) in [6, 6.07) is 4.36. The molecule has 0 N–H and O–H groups in total. The zero-order chi connectivity index (χ0) is 16.3. The number of carbonyl (C=O) groups is 1. The molecule has 0 aliphatic carbocycles. The first-order chi connectivity index (χ1) is 10.3. The fourth-order valence-corrected chi connectivity index (χ4v) is 2.84. The summed E-state index contributed by atoms with van der Waals surface area (Å²) >= 11 is 2.26. The minimum absolute atomic E-state index is 0.231. The highest BCUT2D eigenvalue weighted by molar-refractivity contribution is 14.1. The molecule has 0 bridgehead atoms. The molecule has 0 radical (unpaired) electrons. The van der Waals surface area contributed by atoms with Crippen molar-refractivity contribution in [3.05, 3.63) is 21.9 Å². The summed E-state index contributed by atoms with van der Waals surface area (Å²) < 4.78 is 6.58. The molecule has 1 aromatic heterocycles. The lowest BCUT2D eigenvalue weighted by molar-refractivity contribution is 0.0201. The van der Waals surface area contributed by atoms with Gasteiger partial charge >= 0.3 is 6.09 Å². The maximum Gasteiger partial charge on any atom is 0.410 e. The summed E-state index contributed by atoms with van der Waals surface area (Å²) in [4.78, 5) is 20.6. The van der Waals surface area contributed by atoms with Crippen LogP contribution in [0.5, 0.6) is 0 Å². The molecule has 1 amide bonds. The van der Waals surface area contributed by atoms with Gasteiger partial charge in [-0.2, -0.15) is 0 Å². The molecule has 0 unspecified atom stereocenters. The van der Waals surface area contributed by atoms with E-state index in [9.17, 15) is 4.79 Å². The summed E-state index contributed by atoms with van der Waals surface area (Å²) in [5.74, 6) is 1.01. The van der Waals surface area contributed by atoms with E-state index in [1.54, 1.807) is 4.90 Å². The molecule has 0 atom stereocenters. The van der Waals surface area contributed by atoms with Crippen LogP contribution in [0.15, 0.2) is 18.3 Å². The standard InChI is InChI=1S/C16H24IN3O2/c1-16(2,3)22-15(21)19(4)13-7-9-20(10-8-13)14-6-5-12(17)11-18-14/h5-6,11,13H,7-10H2,1-4H3. The van der Waals surface area contributed by atoms with Crippen LogP contribution in [0.25, 0.3) is 0 Å². The first kappa shape index (κ1) is 17.3. The quantitative estimate of drug-likeness (QED) is 0.691. The number of nitrogens with zero attached hydrogens (tertiary/aromatic N) is 3. The van der Waals surface area contributed by atoms with Gasteiger partial charge in [-0.15, -0.1) is 0 Å². The fourth-order valence-electron chi connectivity index (χ4n) is 2.52. The van der Waals surface area contributed by atoms with Crippen LogP contribution in [0.3, 0.4) is 0 Å². The Kier molecular flexibility index (Phi) is 5.52. The molecule has 1 fully saturated rings. The van der Waals surface area contributed by atoms with Crippen LogP contribution in [0, 0.1) is 3.57 Å². The van der Waals surface area contributed by atoms with Gasteiger partial charge in [0.2, 0.25) is 0 Å². The van der Waals surface area contributed by atoms with Gasteiger partial charge in [-0.25, -0.2) is 9.78 Å². The number of piperidine rings is 1. The van der Waals surface area contributed by atoms with E-state index in [2.05, 4.69) is 44.6 Å². The van der Waals surface area contributed by atoms with Crippen LogP contribution < -0.4 is 4.90 Å². The van der Waals surface area contributed by atoms with Crippen molar-refractivity contribution >= 4 is 34.5 Å². The van der Waals surface area contributed by atoms with Crippen LogP contribution in [-0.2, 0) is 4.74 Å². The Morgan fingerprint density at radius 2 is 2.00 bits per heavy atom. The Bertz CT molecular complexity index is 505. The smallest absolute Gasteiger partial charge is 0.410 e. The van der Waals surface area contributed by atoms with Crippen LogP contribution in [0.1, 0.15) is 33.6 Å². The van der Waals surface area contributed by atoms with Crippen molar-refractivity contribution in [1.82, 2.24) is 9.88 Å². The molecule has 1 aliphatic heterocycles. The van der Waals surface area contributed by atoms with Crippen LogP contribution in [0.4, 0.5) is 10.6 Å². The molecule has 1 aliphatic rings. The normalized spacial score (nSPS) is 16.5. The first-order valence-corrected chi connectivity index (χ1v) is 8.66. The Hall–Kier alpha value is -1.05. The third-order valence-electron chi connectivity index (χ3n) is 3.73. The molecule has 0 spiro atoms. The van der Waals surface area contributed by atoms with E-state index in [1.807, 2.05) is 34.0 Å². The Morgan fingerprint density at radius 1 is 1.36 bits per heavy atom. The van der Waals surface area contributed by atoms with Gasteiger partial charge in [0.15, 0.2) is 0 Å². The third-order valence-corrected chi connectivity index (χ3v) is 4.37. The minimum Gasteiger partial charge on any atom is -0.444 e. The number of amides is 1. The molecule has 2 rings (SSSR count).